The van der Waals surface area contributed by atoms with E-state index >= 15 is 0 Å². The highest BCUT2D eigenvalue weighted by Gasteiger charge is 2.34. The van der Waals surface area contributed by atoms with E-state index in [-0.39, 0.29) is 30.7 Å². The van der Waals surface area contributed by atoms with E-state index in [0.29, 0.717) is 24.8 Å². The number of likely N-dealkylation sites (tertiary alicyclic amines) is 1. The van der Waals surface area contributed by atoms with Gasteiger partial charge >= 0.3 is 0 Å². The zero-order valence-electron chi connectivity index (χ0n) is 15.2. The van der Waals surface area contributed by atoms with Gasteiger partial charge < -0.3 is 14.7 Å². The lowest BCUT2D eigenvalue weighted by Crippen LogP contribution is -2.33. The van der Waals surface area contributed by atoms with E-state index in [1.54, 1.807) is 16.2 Å². The van der Waals surface area contributed by atoms with Crippen LogP contribution in [0.4, 0.5) is 0 Å². The maximum absolute atomic E-state index is 12.4. The Hall–Kier alpha value is -3.00. The van der Waals surface area contributed by atoms with Crippen molar-refractivity contribution < 1.29 is 14.1 Å². The van der Waals surface area contributed by atoms with Gasteiger partial charge in [0.1, 0.15) is 0 Å². The van der Waals surface area contributed by atoms with Crippen LogP contribution in [0, 0.1) is 5.92 Å². The molecule has 1 atom stereocenters. The van der Waals surface area contributed by atoms with Crippen LogP contribution in [-0.2, 0) is 22.6 Å². The zero-order chi connectivity index (χ0) is 19.3. The number of benzene rings is 1. The second kappa shape index (κ2) is 8.35. The Morgan fingerprint density at radius 3 is 2.93 bits per heavy atom. The molecule has 1 aromatic carbocycles. The number of rotatable bonds is 7. The summed E-state index contributed by atoms with van der Waals surface area (Å²) in [6.45, 7) is 1.23. The summed E-state index contributed by atoms with van der Waals surface area (Å²) in [5.41, 5.74) is 2.07. The number of nitrogens with one attached hydrogen (secondary N) is 1. The Morgan fingerprint density at radius 2 is 2.14 bits per heavy atom. The van der Waals surface area contributed by atoms with E-state index in [4.69, 9.17) is 4.52 Å². The smallest absolute Gasteiger partial charge is 0.246 e. The van der Waals surface area contributed by atoms with Crippen LogP contribution in [0.2, 0.25) is 0 Å². The maximum Gasteiger partial charge on any atom is 0.246 e. The SMILES string of the molecule is O=C(NCc1nc(-c2ccsc2)no1)C1CC(=O)N(CCc2ccccc2)C1. The second-order valence-corrected chi connectivity index (χ2v) is 7.50. The van der Waals surface area contributed by atoms with Gasteiger partial charge in [-0.05, 0) is 23.4 Å². The summed E-state index contributed by atoms with van der Waals surface area (Å²) in [4.78, 5) is 30.7. The van der Waals surface area contributed by atoms with Crippen LogP contribution >= 0.6 is 11.3 Å². The van der Waals surface area contributed by atoms with Crippen LogP contribution in [0.15, 0.2) is 51.7 Å². The fourth-order valence-electron chi connectivity index (χ4n) is 3.22. The minimum absolute atomic E-state index is 0.0219. The largest absolute Gasteiger partial charge is 0.347 e. The van der Waals surface area contributed by atoms with Crippen LogP contribution in [0.3, 0.4) is 0 Å². The highest BCUT2D eigenvalue weighted by Crippen LogP contribution is 2.20. The lowest BCUT2D eigenvalue weighted by atomic mass is 10.1. The fraction of sp³-hybridized carbons (Fsp3) is 0.300. The molecule has 0 radical (unpaired) electrons. The molecule has 2 aromatic heterocycles. The lowest BCUT2D eigenvalue weighted by molar-refractivity contribution is -0.129. The van der Waals surface area contributed by atoms with Crippen LogP contribution in [0.25, 0.3) is 11.4 Å². The van der Waals surface area contributed by atoms with E-state index in [1.165, 1.54) is 5.56 Å². The van der Waals surface area contributed by atoms with Gasteiger partial charge in [0.25, 0.3) is 0 Å². The molecule has 1 fully saturated rings. The third-order valence-corrected chi connectivity index (χ3v) is 5.44. The highest BCUT2D eigenvalue weighted by atomic mass is 32.1. The number of thiophene rings is 1. The summed E-state index contributed by atoms with van der Waals surface area (Å²) in [6, 6.07) is 11.9. The van der Waals surface area contributed by atoms with Crippen LogP contribution < -0.4 is 5.32 Å². The number of hydrogen-bond acceptors (Lipinski definition) is 6. The molecule has 1 aliphatic heterocycles. The summed E-state index contributed by atoms with van der Waals surface area (Å²) in [5.74, 6) is 0.371. The highest BCUT2D eigenvalue weighted by molar-refractivity contribution is 7.08. The predicted octanol–water partition coefficient (Wildman–Crippen LogP) is 2.51. The van der Waals surface area contributed by atoms with Crippen molar-refractivity contribution in [2.24, 2.45) is 5.92 Å². The summed E-state index contributed by atoms with van der Waals surface area (Å²) in [5, 5.41) is 10.6. The van der Waals surface area contributed by atoms with Crippen molar-refractivity contribution >= 4 is 23.2 Å². The molecule has 0 bridgehead atoms. The van der Waals surface area contributed by atoms with Crippen LogP contribution in [0.1, 0.15) is 17.9 Å². The molecule has 8 heteroatoms. The first-order chi connectivity index (χ1) is 13.7. The van der Waals surface area contributed by atoms with Gasteiger partial charge in [0, 0.05) is 30.5 Å². The number of nitrogens with zero attached hydrogens (tertiary/aromatic N) is 3. The molecule has 7 nitrogen and oxygen atoms in total. The number of carbonyl (C=O) groups excluding carboxylic acids is 2. The minimum atomic E-state index is -0.345. The normalized spacial score (nSPS) is 16.5. The molecule has 144 valence electrons. The topological polar surface area (TPSA) is 88.3 Å². The van der Waals surface area contributed by atoms with Crippen molar-refractivity contribution in [2.45, 2.75) is 19.4 Å². The maximum atomic E-state index is 12.4. The Bertz CT molecular complexity index is 940. The standard InChI is InChI=1S/C20H20N4O3S/c25-18-10-16(12-24(18)8-6-14-4-2-1-3-5-14)20(26)21-11-17-22-19(23-27-17)15-7-9-28-13-15/h1-5,7,9,13,16H,6,8,10-12H2,(H,21,26). The van der Waals surface area contributed by atoms with Gasteiger partial charge in [-0.15, -0.1) is 0 Å². The van der Waals surface area contributed by atoms with Gasteiger partial charge in [-0.25, -0.2) is 0 Å². The molecular formula is C20H20N4O3S. The first-order valence-electron chi connectivity index (χ1n) is 9.13. The van der Waals surface area contributed by atoms with Crippen molar-refractivity contribution in [2.75, 3.05) is 13.1 Å². The molecule has 3 heterocycles. The van der Waals surface area contributed by atoms with Crippen molar-refractivity contribution in [3.05, 3.63) is 58.6 Å². The third kappa shape index (κ3) is 4.28. The third-order valence-electron chi connectivity index (χ3n) is 4.76. The van der Waals surface area contributed by atoms with E-state index in [1.807, 2.05) is 47.2 Å². The second-order valence-electron chi connectivity index (χ2n) is 6.72. The molecule has 1 aliphatic rings. The Labute approximate surface area is 166 Å². The van der Waals surface area contributed by atoms with E-state index < -0.39 is 0 Å². The van der Waals surface area contributed by atoms with Crippen molar-refractivity contribution in [3.63, 3.8) is 0 Å². The number of aromatic nitrogens is 2. The first-order valence-corrected chi connectivity index (χ1v) is 10.1. The lowest BCUT2D eigenvalue weighted by Gasteiger charge is -2.16. The Balaban J connectivity index is 1.26. The molecule has 1 N–H and O–H groups in total. The minimum Gasteiger partial charge on any atom is -0.347 e. The molecule has 0 saturated carbocycles. The van der Waals surface area contributed by atoms with E-state index in [0.717, 1.165) is 12.0 Å². The van der Waals surface area contributed by atoms with Crippen molar-refractivity contribution in [1.29, 1.82) is 0 Å². The molecule has 1 saturated heterocycles. The van der Waals surface area contributed by atoms with Crippen LogP contribution in [-0.4, -0.2) is 39.9 Å². The zero-order valence-corrected chi connectivity index (χ0v) is 16.0. The monoisotopic (exact) mass is 396 g/mol. The van der Waals surface area contributed by atoms with Gasteiger partial charge in [-0.2, -0.15) is 16.3 Å². The van der Waals surface area contributed by atoms with Gasteiger partial charge in [-0.3, -0.25) is 9.59 Å². The average Bonchev–Trinajstić information content (AvgIpc) is 3.46. The number of amides is 2. The predicted molar refractivity (Wildman–Crippen MR) is 104 cm³/mol. The fourth-order valence-corrected chi connectivity index (χ4v) is 3.85. The van der Waals surface area contributed by atoms with Gasteiger partial charge in [-0.1, -0.05) is 35.5 Å². The molecule has 2 amide bonds. The number of carbonyl (C=O) groups is 2. The summed E-state index contributed by atoms with van der Waals surface area (Å²) in [7, 11) is 0. The molecule has 3 aromatic rings. The number of hydrogen-bond donors (Lipinski definition) is 1. The summed E-state index contributed by atoms with van der Waals surface area (Å²) >= 11 is 1.55. The molecule has 4 rings (SSSR count). The molecule has 28 heavy (non-hydrogen) atoms. The molecule has 1 unspecified atom stereocenters. The summed E-state index contributed by atoms with van der Waals surface area (Å²) < 4.78 is 5.18. The average molecular weight is 396 g/mol. The van der Waals surface area contributed by atoms with E-state index in [2.05, 4.69) is 15.5 Å². The van der Waals surface area contributed by atoms with Gasteiger partial charge in [0.05, 0.1) is 12.5 Å². The molecular weight excluding hydrogens is 376 g/mol. The van der Waals surface area contributed by atoms with E-state index in [9.17, 15) is 9.59 Å². The van der Waals surface area contributed by atoms with Gasteiger partial charge in [0.15, 0.2) is 0 Å². The van der Waals surface area contributed by atoms with Crippen LogP contribution in [0.5, 0.6) is 0 Å². The van der Waals surface area contributed by atoms with Gasteiger partial charge in [0.2, 0.25) is 23.5 Å². The molecule has 0 spiro atoms. The summed E-state index contributed by atoms with van der Waals surface area (Å²) in [6.07, 6.45) is 1.03. The van der Waals surface area contributed by atoms with Crippen molar-refractivity contribution in [1.82, 2.24) is 20.4 Å². The molecule has 0 aliphatic carbocycles. The Kier molecular flexibility index (Phi) is 5.48. The quantitative estimate of drug-likeness (QED) is 0.663. The Morgan fingerprint density at radius 1 is 1.29 bits per heavy atom. The first kappa shape index (κ1) is 18.4. The van der Waals surface area contributed by atoms with Crippen molar-refractivity contribution in [3.8, 4) is 11.4 Å².